The zero-order valence-corrected chi connectivity index (χ0v) is 33.4. The van der Waals surface area contributed by atoms with Gasteiger partial charge in [0.25, 0.3) is 0 Å². The molecule has 1 aromatic heterocycles. The van der Waals surface area contributed by atoms with Crippen LogP contribution in [0.3, 0.4) is 0 Å². The molecule has 0 saturated carbocycles. The zero-order valence-electron chi connectivity index (χ0n) is 23.1. The Hall–Kier alpha value is -0.174. The van der Waals surface area contributed by atoms with Crippen molar-refractivity contribution in [3.63, 3.8) is 0 Å². The Morgan fingerprint density at radius 2 is 1.32 bits per heavy atom. The quantitative estimate of drug-likeness (QED) is 0.213. The van der Waals surface area contributed by atoms with Gasteiger partial charge in [0.2, 0.25) is 0 Å². The molecule has 0 amide bonds. The average molecular weight is 918 g/mol. The molecule has 0 saturated heterocycles. The van der Waals surface area contributed by atoms with Crippen LogP contribution in [-0.2, 0) is 21.5 Å². The van der Waals surface area contributed by atoms with Gasteiger partial charge in [0.15, 0.2) is 0 Å². The Kier molecular flexibility index (Phi) is 18.1. The topological polar surface area (TPSA) is 51.4 Å². The van der Waals surface area contributed by atoms with E-state index < -0.39 is 18.1 Å². The van der Waals surface area contributed by atoms with Crippen LogP contribution in [0, 0.1) is 136 Å². The minimum atomic E-state index is -1.18. The summed E-state index contributed by atoms with van der Waals surface area (Å²) in [6, 6.07) is 24.4. The van der Waals surface area contributed by atoms with Crippen molar-refractivity contribution < 1.29 is 109 Å². The number of hydrogen-bond donors (Lipinski definition) is 1. The van der Waals surface area contributed by atoms with Crippen molar-refractivity contribution in [3.8, 4) is 28.0 Å². The largest absolute Gasteiger partial charge is 0.665 e. The molecule has 0 fully saturated rings. The third kappa shape index (κ3) is 11.5. The van der Waals surface area contributed by atoms with Crippen LogP contribution in [0.1, 0.15) is 47.5 Å². The number of phenolic OH excluding ortho intramolecular Hbond substituents is 1. The van der Waals surface area contributed by atoms with Crippen molar-refractivity contribution >= 4 is 3.90 Å². The number of aromatic hydroxyl groups is 1. The average Bonchev–Trinajstić information content (AvgIpc) is 3.18. The van der Waals surface area contributed by atoms with Gasteiger partial charge in [0.05, 0.1) is 5.75 Å². The molecule has 0 aliphatic rings. The van der Waals surface area contributed by atoms with Crippen LogP contribution < -0.4 is 4.98 Å². The van der Waals surface area contributed by atoms with Gasteiger partial charge in [-0.1, -0.05) is 77.4 Å². The van der Waals surface area contributed by atoms with Crippen LogP contribution in [0.2, 0.25) is 0 Å². The van der Waals surface area contributed by atoms with Gasteiger partial charge in [-0.3, -0.25) is 0 Å². The van der Waals surface area contributed by atoms with Crippen molar-refractivity contribution in [2.45, 2.75) is 55.4 Å². The fourth-order valence-corrected chi connectivity index (χ4v) is 3.76. The molecule has 0 atom stereocenters. The Balaban J connectivity index is 0.000000772. The van der Waals surface area contributed by atoms with Crippen LogP contribution in [0.15, 0.2) is 54.6 Å². The minimum Gasteiger partial charge on any atom is -0.665 e. The van der Waals surface area contributed by atoms with Crippen LogP contribution >= 0.6 is 0 Å². The summed E-state index contributed by atoms with van der Waals surface area (Å²) in [4.78, 5) is 4.11. The van der Waals surface area contributed by atoms with E-state index in [4.69, 9.17) is 0 Å². The zero-order chi connectivity index (χ0) is 26.1. The number of nitrogens with zero attached hydrogens (tertiary/aromatic N) is 1. The van der Waals surface area contributed by atoms with E-state index in [0.717, 1.165) is 54.2 Å². The summed E-state index contributed by atoms with van der Waals surface area (Å²) in [6.45, 7) is 16.0. The summed E-state index contributed by atoms with van der Waals surface area (Å²) in [5.41, 5.74) is 10.4. The van der Waals surface area contributed by atoms with E-state index in [2.05, 4.69) is 37.0 Å². The number of aromatic nitrogens is 1. The van der Waals surface area contributed by atoms with Gasteiger partial charge < -0.3 is 10.1 Å². The van der Waals surface area contributed by atoms with Gasteiger partial charge in [0.1, 0.15) is 0 Å². The molecule has 0 spiro atoms. The molecular weight excluding hydrogens is 884 g/mol. The summed E-state index contributed by atoms with van der Waals surface area (Å²) < 4.78 is 10.9. The van der Waals surface area contributed by atoms with Gasteiger partial charge in [-0.15, -0.1) is 40.5 Å². The SMILES string of the molecule is C[C](C)=[W]=[O].Cc1c[c-]c(-c2cccc(-c3c(C)c[c-]cc3C)c2O)c(C)c1.Cc1ccc(C)[n-]1.[Pr].[Pr]. The van der Waals surface area contributed by atoms with Crippen LogP contribution in [0.25, 0.3) is 22.3 Å². The third-order valence-electron chi connectivity index (χ3n) is 5.33. The molecule has 3 nitrogen and oxygen atoms in total. The molecule has 6 heteroatoms. The van der Waals surface area contributed by atoms with Gasteiger partial charge in [-0.2, -0.15) is 40.7 Å². The smallest absolute Gasteiger partial charge is 0.0877 e. The van der Waals surface area contributed by atoms with E-state index in [1.54, 1.807) is 0 Å². The number of phenols is 1. The van der Waals surface area contributed by atoms with E-state index in [1.807, 2.05) is 90.1 Å². The molecule has 37 heavy (non-hydrogen) atoms. The summed E-state index contributed by atoms with van der Waals surface area (Å²) in [6.07, 6.45) is 0. The fraction of sp³-hybridized carbons (Fsp3) is 0.258. The van der Waals surface area contributed by atoms with E-state index in [-0.39, 0.29) is 82.6 Å². The molecule has 0 bridgehead atoms. The first kappa shape index (κ1) is 36.8. The molecule has 1 heterocycles. The Morgan fingerprint density at radius 3 is 1.76 bits per heavy atom. The molecule has 0 aliphatic heterocycles. The van der Waals surface area contributed by atoms with Crippen molar-refractivity contribution in [2.24, 2.45) is 0 Å². The fourth-order valence-electron chi connectivity index (χ4n) is 3.76. The first-order valence-electron chi connectivity index (χ1n) is 11.5. The van der Waals surface area contributed by atoms with Crippen LogP contribution in [0.4, 0.5) is 0 Å². The maximum atomic E-state index is 10.9. The molecule has 4 rings (SSSR count). The van der Waals surface area contributed by atoms with Crippen LogP contribution in [0.5, 0.6) is 5.75 Å². The molecule has 1 N–H and O–H groups in total. The first-order valence-corrected chi connectivity index (χ1v) is 14.2. The van der Waals surface area contributed by atoms with Crippen molar-refractivity contribution in [2.75, 3.05) is 0 Å². The van der Waals surface area contributed by atoms with Gasteiger partial charge in [-0.05, 0) is 5.56 Å². The number of benzene rings is 3. The van der Waals surface area contributed by atoms with Gasteiger partial charge >= 0.3 is 39.2 Å². The van der Waals surface area contributed by atoms with Crippen molar-refractivity contribution in [1.82, 2.24) is 4.98 Å². The standard InChI is InChI=1S/C22H20O.C6H8N.C3H6.O.2Pr.W/c1-14-11-12-18(17(4)13-14)19-9-6-10-20(22(19)23)21-15(2)7-5-8-16(21)3;1-5-3-4-6(2)7-5;1-3-2;;;;/h6-11,13,23H,1-4H3;3-4H,1-2H3;1-2H3;;;;/q-2;-1;;;;;. The summed E-state index contributed by atoms with van der Waals surface area (Å²) >= 11 is -1.18. The summed E-state index contributed by atoms with van der Waals surface area (Å²) in [7, 11) is 0. The van der Waals surface area contributed by atoms with E-state index >= 15 is 0 Å². The summed E-state index contributed by atoms with van der Waals surface area (Å²) in [5.74, 6) is 0.313. The second-order valence-electron chi connectivity index (χ2n) is 8.85. The molecule has 190 valence electrons. The number of para-hydroxylation sites is 1. The third-order valence-corrected chi connectivity index (χ3v) is 6.53. The normalized spacial score (nSPS) is 9.41. The van der Waals surface area contributed by atoms with Crippen LogP contribution in [-0.4, -0.2) is 9.00 Å². The second-order valence-corrected chi connectivity index (χ2v) is 12.4. The Labute approximate surface area is 297 Å². The Bertz CT molecular complexity index is 1310. The summed E-state index contributed by atoms with van der Waals surface area (Å²) in [5, 5.41) is 10.9. The minimum absolute atomic E-state index is 0. The predicted molar refractivity (Wildman–Crippen MR) is 142 cm³/mol. The molecule has 0 aliphatic carbocycles. The molecule has 2 radical (unpaired) electrons. The van der Waals surface area contributed by atoms with Crippen molar-refractivity contribution in [1.29, 1.82) is 0 Å². The maximum Gasteiger partial charge on any atom is 0.0877 e. The molecular formula is C31H34NO2Pr2W-3. The number of rotatable bonds is 2. The van der Waals surface area contributed by atoms with E-state index in [9.17, 15) is 8.50 Å². The van der Waals surface area contributed by atoms with Crippen molar-refractivity contribution in [3.05, 3.63) is 100 Å². The molecule has 4 aromatic rings. The first-order chi connectivity index (χ1) is 16.5. The number of hydrogen-bond acceptors (Lipinski definition) is 2. The maximum absolute atomic E-state index is 10.9. The predicted octanol–water partition coefficient (Wildman–Crippen LogP) is 7.45. The van der Waals surface area contributed by atoms with Gasteiger partial charge in [0, 0.05) is 82.6 Å². The molecule has 3 aromatic carbocycles. The number of aryl methyl sites for hydroxylation is 6. The monoisotopic (exact) mass is 918 g/mol. The second kappa shape index (κ2) is 18.2. The Morgan fingerprint density at radius 1 is 0.811 bits per heavy atom. The van der Waals surface area contributed by atoms with E-state index in [1.165, 1.54) is 5.56 Å². The van der Waals surface area contributed by atoms with Gasteiger partial charge in [-0.25, -0.2) is 0 Å². The van der Waals surface area contributed by atoms with E-state index in [0.29, 0.717) is 5.75 Å². The molecule has 0 unspecified atom stereocenters.